The van der Waals surface area contributed by atoms with E-state index in [1.54, 1.807) is 18.2 Å². The van der Waals surface area contributed by atoms with Crippen molar-refractivity contribution in [2.75, 3.05) is 11.4 Å². The SMILES string of the molecule is CCCN1c2cc(F)c(/C=N\NC(=O)c3ccc(I)c(O)c3)cc2C(C)CC1(C)C. The summed E-state index contributed by atoms with van der Waals surface area (Å²) in [5, 5.41) is 13.7. The average Bonchev–Trinajstić information content (AvgIpc) is 2.67. The molecule has 2 aromatic carbocycles. The van der Waals surface area contributed by atoms with Crippen LogP contribution in [0, 0.1) is 9.39 Å². The third kappa shape index (κ3) is 4.61. The molecule has 1 aliphatic heterocycles. The fraction of sp³-hybridized carbons (Fsp3) is 0.391. The van der Waals surface area contributed by atoms with Gasteiger partial charge in [-0.3, -0.25) is 4.79 Å². The molecule has 1 aliphatic rings. The minimum absolute atomic E-state index is 0.0292. The molecule has 1 amide bonds. The van der Waals surface area contributed by atoms with Gasteiger partial charge in [0.15, 0.2) is 0 Å². The molecule has 5 nitrogen and oxygen atoms in total. The third-order valence-corrected chi connectivity index (χ3v) is 6.44. The van der Waals surface area contributed by atoms with E-state index in [1.807, 2.05) is 28.7 Å². The Labute approximate surface area is 190 Å². The van der Waals surface area contributed by atoms with Gasteiger partial charge in [0.1, 0.15) is 11.6 Å². The quantitative estimate of drug-likeness (QED) is 0.313. The summed E-state index contributed by atoms with van der Waals surface area (Å²) in [4.78, 5) is 14.5. The molecule has 0 radical (unpaired) electrons. The summed E-state index contributed by atoms with van der Waals surface area (Å²) in [6.45, 7) is 9.56. The van der Waals surface area contributed by atoms with E-state index in [0.29, 0.717) is 15.1 Å². The number of rotatable bonds is 5. The summed E-state index contributed by atoms with van der Waals surface area (Å²) in [6, 6.07) is 8.03. The van der Waals surface area contributed by atoms with Crippen LogP contribution in [0.15, 0.2) is 35.4 Å². The van der Waals surface area contributed by atoms with Gasteiger partial charge in [-0.2, -0.15) is 5.10 Å². The summed E-state index contributed by atoms with van der Waals surface area (Å²) >= 11 is 1.98. The summed E-state index contributed by atoms with van der Waals surface area (Å²) in [6.07, 6.45) is 3.30. The number of carbonyl (C=O) groups excluding carboxylic acids is 1. The van der Waals surface area contributed by atoms with Gasteiger partial charge in [-0.25, -0.2) is 9.82 Å². The van der Waals surface area contributed by atoms with Gasteiger partial charge in [0.05, 0.1) is 9.78 Å². The molecule has 30 heavy (non-hydrogen) atoms. The molecule has 160 valence electrons. The Kier molecular flexibility index (Phi) is 6.69. The standard InChI is InChI=1S/C23H27FIN3O2/c1-5-8-28-20-11-18(24)16(9-17(20)14(2)12-23(28,3)4)13-26-27-22(30)15-6-7-19(25)21(29)10-15/h6-7,9-11,13-14,29H,5,8,12H2,1-4H3,(H,27,30)/b26-13-. The van der Waals surface area contributed by atoms with E-state index in [2.05, 4.69) is 43.1 Å². The van der Waals surface area contributed by atoms with Crippen molar-refractivity contribution >= 4 is 40.4 Å². The van der Waals surface area contributed by atoms with E-state index < -0.39 is 5.91 Å². The molecule has 0 spiro atoms. The smallest absolute Gasteiger partial charge is 0.271 e. The monoisotopic (exact) mass is 523 g/mol. The van der Waals surface area contributed by atoms with Crippen LogP contribution in [0.3, 0.4) is 0 Å². The lowest BCUT2D eigenvalue weighted by Crippen LogP contribution is -2.48. The van der Waals surface area contributed by atoms with E-state index in [4.69, 9.17) is 0 Å². The van der Waals surface area contributed by atoms with Gasteiger partial charge in [0, 0.05) is 28.9 Å². The van der Waals surface area contributed by atoms with Gasteiger partial charge in [0.2, 0.25) is 0 Å². The molecular weight excluding hydrogens is 496 g/mol. The molecular formula is C23H27FIN3O2. The molecule has 2 N–H and O–H groups in total. The van der Waals surface area contributed by atoms with E-state index in [0.717, 1.165) is 30.6 Å². The number of fused-ring (bicyclic) bond motifs is 1. The first-order valence-electron chi connectivity index (χ1n) is 10.1. The lowest BCUT2D eigenvalue weighted by molar-refractivity contribution is 0.0954. The van der Waals surface area contributed by atoms with Crippen LogP contribution >= 0.6 is 22.6 Å². The second kappa shape index (κ2) is 8.91. The van der Waals surface area contributed by atoms with Crippen LogP contribution in [0.2, 0.25) is 0 Å². The first-order chi connectivity index (χ1) is 14.1. The average molecular weight is 523 g/mol. The second-order valence-electron chi connectivity index (χ2n) is 8.37. The maximum atomic E-state index is 14.9. The lowest BCUT2D eigenvalue weighted by Gasteiger charge is -2.47. The van der Waals surface area contributed by atoms with Gasteiger partial charge >= 0.3 is 0 Å². The largest absolute Gasteiger partial charge is 0.507 e. The first kappa shape index (κ1) is 22.5. The Hall–Kier alpha value is -2.16. The molecule has 1 heterocycles. The van der Waals surface area contributed by atoms with Crippen molar-refractivity contribution in [1.29, 1.82) is 0 Å². The molecule has 0 fully saturated rings. The predicted octanol–water partition coefficient (Wildman–Crippen LogP) is 5.40. The van der Waals surface area contributed by atoms with Crippen LogP contribution < -0.4 is 10.3 Å². The van der Waals surface area contributed by atoms with Crippen molar-refractivity contribution in [3.8, 4) is 5.75 Å². The van der Waals surface area contributed by atoms with Crippen molar-refractivity contribution in [2.45, 2.75) is 52.0 Å². The number of hydrogen-bond donors (Lipinski definition) is 2. The Balaban J connectivity index is 1.83. The number of anilines is 1. The molecule has 2 aromatic rings. The van der Waals surface area contributed by atoms with Crippen LogP contribution in [-0.2, 0) is 0 Å². The van der Waals surface area contributed by atoms with Gasteiger partial charge in [-0.15, -0.1) is 0 Å². The highest BCUT2D eigenvalue weighted by atomic mass is 127. The minimum Gasteiger partial charge on any atom is -0.507 e. The molecule has 1 atom stereocenters. The number of benzene rings is 2. The zero-order chi connectivity index (χ0) is 22.1. The molecule has 0 aliphatic carbocycles. The highest BCUT2D eigenvalue weighted by Crippen LogP contribution is 2.44. The van der Waals surface area contributed by atoms with E-state index in [9.17, 15) is 14.3 Å². The Morgan fingerprint density at radius 1 is 1.40 bits per heavy atom. The zero-order valence-electron chi connectivity index (χ0n) is 17.7. The van der Waals surface area contributed by atoms with Gasteiger partial charge in [0.25, 0.3) is 5.91 Å². The van der Waals surface area contributed by atoms with Crippen LogP contribution in [0.1, 0.15) is 67.9 Å². The van der Waals surface area contributed by atoms with Gasteiger partial charge in [-0.05, 0) is 91.1 Å². The highest BCUT2D eigenvalue weighted by Gasteiger charge is 2.36. The topological polar surface area (TPSA) is 64.9 Å². The lowest BCUT2D eigenvalue weighted by atomic mass is 9.79. The Morgan fingerprint density at radius 2 is 2.13 bits per heavy atom. The normalized spacial score (nSPS) is 17.8. The number of halogens is 2. The minimum atomic E-state index is -0.472. The number of phenolic OH excluding ortho intramolecular Hbond substituents is 1. The van der Waals surface area contributed by atoms with Gasteiger partial charge in [-0.1, -0.05) is 13.8 Å². The number of nitrogens with zero attached hydrogens (tertiary/aromatic N) is 2. The molecule has 0 aromatic heterocycles. The highest BCUT2D eigenvalue weighted by molar-refractivity contribution is 14.1. The summed E-state index contributed by atoms with van der Waals surface area (Å²) < 4.78 is 15.5. The number of amides is 1. The maximum absolute atomic E-state index is 14.9. The molecule has 0 saturated heterocycles. The van der Waals surface area contributed by atoms with Crippen molar-refractivity contribution in [1.82, 2.24) is 5.43 Å². The Morgan fingerprint density at radius 3 is 2.80 bits per heavy atom. The molecule has 7 heteroatoms. The number of aromatic hydroxyl groups is 1. The summed E-state index contributed by atoms with van der Waals surface area (Å²) in [5.41, 5.74) is 5.02. The van der Waals surface area contributed by atoms with Crippen LogP contribution in [0.5, 0.6) is 5.75 Å². The summed E-state index contributed by atoms with van der Waals surface area (Å²) in [7, 11) is 0. The van der Waals surface area contributed by atoms with Gasteiger partial charge < -0.3 is 10.0 Å². The Bertz CT molecular complexity index is 991. The number of phenols is 1. The zero-order valence-corrected chi connectivity index (χ0v) is 19.8. The van der Waals surface area contributed by atoms with Crippen LogP contribution in [0.25, 0.3) is 0 Å². The van der Waals surface area contributed by atoms with Crippen molar-refractivity contribution in [3.05, 3.63) is 56.4 Å². The molecule has 3 rings (SSSR count). The third-order valence-electron chi connectivity index (χ3n) is 5.53. The predicted molar refractivity (Wildman–Crippen MR) is 127 cm³/mol. The number of carbonyl (C=O) groups is 1. The molecule has 1 unspecified atom stereocenters. The van der Waals surface area contributed by atoms with E-state index >= 15 is 0 Å². The molecule has 0 saturated carbocycles. The van der Waals surface area contributed by atoms with Crippen LogP contribution in [0.4, 0.5) is 10.1 Å². The van der Waals surface area contributed by atoms with Crippen molar-refractivity contribution in [3.63, 3.8) is 0 Å². The van der Waals surface area contributed by atoms with Crippen molar-refractivity contribution in [2.24, 2.45) is 5.10 Å². The maximum Gasteiger partial charge on any atom is 0.271 e. The van der Waals surface area contributed by atoms with Crippen LogP contribution in [-0.4, -0.2) is 29.3 Å². The fourth-order valence-electron chi connectivity index (χ4n) is 4.15. The molecule has 0 bridgehead atoms. The number of hydrazone groups is 1. The number of hydrogen-bond acceptors (Lipinski definition) is 4. The second-order valence-corrected chi connectivity index (χ2v) is 9.53. The van der Waals surface area contributed by atoms with E-state index in [1.165, 1.54) is 12.3 Å². The van der Waals surface area contributed by atoms with Crippen molar-refractivity contribution < 1.29 is 14.3 Å². The first-order valence-corrected chi connectivity index (χ1v) is 11.1. The fourth-order valence-corrected chi connectivity index (χ4v) is 4.48. The number of nitrogens with one attached hydrogen (secondary N) is 1. The summed E-state index contributed by atoms with van der Waals surface area (Å²) in [5.74, 6) is -0.521. The van der Waals surface area contributed by atoms with E-state index in [-0.39, 0.29) is 22.7 Å².